The van der Waals surface area contributed by atoms with Gasteiger partial charge in [-0.05, 0) is 66.8 Å². The van der Waals surface area contributed by atoms with E-state index < -0.39 is 0 Å². The van der Waals surface area contributed by atoms with Crippen LogP contribution in [-0.2, 0) is 31.4 Å². The third-order valence-corrected chi connectivity index (χ3v) is 6.38. The zero-order chi connectivity index (χ0) is 25.8. The molecule has 0 N–H and O–H groups in total. The molecule has 184 valence electrons. The molecule has 0 saturated heterocycles. The molecule has 0 spiro atoms. The smallest absolute Gasteiger partial charge is 0.242 e. The van der Waals surface area contributed by atoms with E-state index in [9.17, 15) is 9.18 Å². The van der Waals surface area contributed by atoms with Crippen molar-refractivity contribution in [2.45, 2.75) is 39.8 Å². The van der Waals surface area contributed by atoms with Gasteiger partial charge < -0.3 is 9.64 Å². The summed E-state index contributed by atoms with van der Waals surface area (Å²) in [5.41, 5.74) is 5.75. The van der Waals surface area contributed by atoms with Crippen LogP contribution in [0.5, 0.6) is 5.88 Å². The minimum Gasteiger partial charge on any atom is -0.479 e. The maximum atomic E-state index is 13.8. The molecule has 1 amide bonds. The van der Waals surface area contributed by atoms with Gasteiger partial charge in [-0.25, -0.2) is 14.1 Å². The van der Waals surface area contributed by atoms with Gasteiger partial charge >= 0.3 is 0 Å². The first-order valence-electron chi connectivity index (χ1n) is 11.7. The lowest BCUT2D eigenvalue weighted by atomic mass is 9.99. The molecule has 7 nitrogen and oxygen atoms in total. The summed E-state index contributed by atoms with van der Waals surface area (Å²) in [6.45, 7) is 4.57. The Bertz CT molecular complexity index is 1450. The van der Waals surface area contributed by atoms with Crippen molar-refractivity contribution in [2.75, 3.05) is 7.11 Å². The molecule has 0 radical (unpaired) electrons. The first kappa shape index (κ1) is 24.9. The topological polar surface area (TPSA) is 84.0 Å². The lowest BCUT2D eigenvalue weighted by Gasteiger charge is -2.24. The normalized spacial score (nSPS) is 10.9. The van der Waals surface area contributed by atoms with Crippen LogP contribution < -0.4 is 4.74 Å². The van der Waals surface area contributed by atoms with Gasteiger partial charge in [0.05, 0.1) is 24.1 Å². The number of ether oxygens (including phenoxy) is 1. The molecule has 2 aromatic heterocycles. The number of hydrogen-bond acceptors (Lipinski definition) is 5. The van der Waals surface area contributed by atoms with Gasteiger partial charge in [0.15, 0.2) is 5.65 Å². The molecule has 2 heterocycles. The van der Waals surface area contributed by atoms with Crippen LogP contribution >= 0.6 is 0 Å². The van der Waals surface area contributed by atoms with E-state index >= 15 is 0 Å². The van der Waals surface area contributed by atoms with Crippen molar-refractivity contribution < 1.29 is 13.9 Å². The van der Waals surface area contributed by atoms with Crippen LogP contribution in [0.2, 0.25) is 0 Å². The Morgan fingerprint density at radius 3 is 2.53 bits per heavy atom. The van der Waals surface area contributed by atoms with E-state index in [1.807, 2.05) is 39.1 Å². The van der Waals surface area contributed by atoms with Crippen LogP contribution in [0, 0.1) is 31.0 Å². The number of hydrogen-bond donors (Lipinski definition) is 0. The minimum atomic E-state index is -0.339. The fraction of sp³-hybridized carbons (Fsp3) is 0.286. The molecule has 36 heavy (non-hydrogen) atoms. The van der Waals surface area contributed by atoms with E-state index in [1.54, 1.807) is 34.9 Å². The van der Waals surface area contributed by atoms with Crippen LogP contribution in [0.4, 0.5) is 4.39 Å². The molecule has 0 fully saturated rings. The molecule has 0 atom stereocenters. The molecule has 4 rings (SSSR count). The number of amides is 1. The van der Waals surface area contributed by atoms with Gasteiger partial charge in [-0.2, -0.15) is 5.26 Å². The summed E-state index contributed by atoms with van der Waals surface area (Å²) in [4.78, 5) is 19.9. The summed E-state index contributed by atoms with van der Waals surface area (Å²) < 4.78 is 21.0. The number of methoxy groups -OCH3 is 1. The van der Waals surface area contributed by atoms with E-state index in [4.69, 9.17) is 15.0 Å². The molecule has 0 saturated carbocycles. The summed E-state index contributed by atoms with van der Waals surface area (Å²) in [6.07, 6.45) is 0.771. The Labute approximate surface area is 209 Å². The summed E-state index contributed by atoms with van der Waals surface area (Å²) >= 11 is 0. The first-order chi connectivity index (χ1) is 17.3. The standard InChI is InChI=1S/C28H28FN5O2/c1-18-24(19(2)31-27-26(18)28(36-4)32-33(27)3)12-13-25(35)34(17-22-6-5-7-23(29)14-22)16-21-10-8-20(15-30)9-11-21/h5-11,14H,12-13,16-17H2,1-4H3. The second-order valence-electron chi connectivity index (χ2n) is 8.82. The third kappa shape index (κ3) is 5.20. The summed E-state index contributed by atoms with van der Waals surface area (Å²) in [5.74, 6) is 0.119. The largest absolute Gasteiger partial charge is 0.479 e. The molecule has 0 unspecified atom stereocenters. The fourth-order valence-corrected chi connectivity index (χ4v) is 4.49. The van der Waals surface area contributed by atoms with Crippen molar-refractivity contribution in [1.29, 1.82) is 5.26 Å². The van der Waals surface area contributed by atoms with E-state index in [0.717, 1.165) is 33.4 Å². The van der Waals surface area contributed by atoms with Crippen molar-refractivity contribution in [3.63, 3.8) is 0 Å². The van der Waals surface area contributed by atoms with E-state index in [-0.39, 0.29) is 24.7 Å². The molecule has 0 bridgehead atoms. The molecular formula is C28H28FN5O2. The van der Waals surface area contributed by atoms with Crippen LogP contribution in [-0.4, -0.2) is 32.7 Å². The molecule has 8 heteroatoms. The van der Waals surface area contributed by atoms with Gasteiger partial charge in [0.1, 0.15) is 5.82 Å². The van der Waals surface area contributed by atoms with Crippen molar-refractivity contribution >= 4 is 16.9 Å². The van der Waals surface area contributed by atoms with Gasteiger partial charge in [-0.1, -0.05) is 24.3 Å². The molecule has 0 aliphatic carbocycles. The Balaban J connectivity index is 1.59. The summed E-state index contributed by atoms with van der Waals surface area (Å²) in [6, 6.07) is 15.5. The highest BCUT2D eigenvalue weighted by molar-refractivity contribution is 5.86. The molecule has 0 aliphatic heterocycles. The maximum Gasteiger partial charge on any atom is 0.242 e. The maximum absolute atomic E-state index is 13.8. The first-order valence-corrected chi connectivity index (χ1v) is 11.7. The molecule has 4 aromatic rings. The number of pyridine rings is 1. The van der Waals surface area contributed by atoms with Crippen molar-refractivity contribution in [3.8, 4) is 11.9 Å². The van der Waals surface area contributed by atoms with Gasteiger partial charge in [0, 0.05) is 32.3 Å². The average molecular weight is 486 g/mol. The number of aryl methyl sites for hydroxylation is 3. The number of carbonyl (C=O) groups excluding carboxylic acids is 1. The van der Waals surface area contributed by atoms with Crippen LogP contribution in [0.15, 0.2) is 48.5 Å². The Hall–Kier alpha value is -4.25. The van der Waals surface area contributed by atoms with Crippen LogP contribution in [0.3, 0.4) is 0 Å². The average Bonchev–Trinajstić information content (AvgIpc) is 3.19. The van der Waals surface area contributed by atoms with Gasteiger partial charge in [-0.15, -0.1) is 5.10 Å². The molecular weight excluding hydrogens is 457 g/mol. The summed E-state index contributed by atoms with van der Waals surface area (Å²) in [7, 11) is 3.41. The SMILES string of the molecule is COc1nn(C)c2nc(C)c(CCC(=O)N(Cc3ccc(C#N)cc3)Cc3cccc(F)c3)c(C)c12. The lowest BCUT2D eigenvalue weighted by Crippen LogP contribution is -2.30. The highest BCUT2D eigenvalue weighted by atomic mass is 19.1. The second kappa shape index (κ2) is 10.6. The summed E-state index contributed by atoms with van der Waals surface area (Å²) in [5, 5.41) is 14.3. The molecule has 2 aromatic carbocycles. The third-order valence-electron chi connectivity index (χ3n) is 6.38. The number of nitriles is 1. The number of benzene rings is 2. The Morgan fingerprint density at radius 2 is 1.86 bits per heavy atom. The number of fused-ring (bicyclic) bond motifs is 1. The van der Waals surface area contributed by atoms with Crippen LogP contribution in [0.25, 0.3) is 11.0 Å². The number of rotatable bonds is 8. The lowest BCUT2D eigenvalue weighted by molar-refractivity contribution is -0.132. The second-order valence-corrected chi connectivity index (χ2v) is 8.82. The van der Waals surface area contributed by atoms with Crippen molar-refractivity contribution in [2.24, 2.45) is 7.05 Å². The predicted octanol–water partition coefficient (Wildman–Crippen LogP) is 4.77. The Morgan fingerprint density at radius 1 is 1.14 bits per heavy atom. The number of halogens is 1. The number of aromatic nitrogens is 3. The minimum absolute atomic E-state index is 0.0549. The van der Waals surface area contributed by atoms with Gasteiger partial charge in [0.25, 0.3) is 0 Å². The quantitative estimate of drug-likeness (QED) is 0.359. The highest BCUT2D eigenvalue weighted by Gasteiger charge is 2.20. The zero-order valence-corrected chi connectivity index (χ0v) is 20.9. The van der Waals surface area contributed by atoms with E-state index in [0.29, 0.717) is 30.0 Å². The Kier molecular flexibility index (Phi) is 7.30. The highest BCUT2D eigenvalue weighted by Crippen LogP contribution is 2.30. The van der Waals surface area contributed by atoms with Crippen molar-refractivity contribution in [1.82, 2.24) is 19.7 Å². The van der Waals surface area contributed by atoms with Gasteiger partial charge in [0.2, 0.25) is 11.8 Å². The van der Waals surface area contributed by atoms with E-state index in [2.05, 4.69) is 11.2 Å². The monoisotopic (exact) mass is 485 g/mol. The van der Waals surface area contributed by atoms with Gasteiger partial charge in [-0.3, -0.25) is 4.79 Å². The predicted molar refractivity (Wildman–Crippen MR) is 135 cm³/mol. The van der Waals surface area contributed by atoms with E-state index in [1.165, 1.54) is 12.1 Å². The molecule has 0 aliphatic rings. The number of nitrogens with zero attached hydrogens (tertiary/aromatic N) is 5. The fourth-order valence-electron chi connectivity index (χ4n) is 4.49. The van der Waals surface area contributed by atoms with Crippen LogP contribution in [0.1, 0.15) is 39.9 Å². The zero-order valence-electron chi connectivity index (χ0n) is 20.9. The van der Waals surface area contributed by atoms with Crippen molar-refractivity contribution in [3.05, 3.63) is 87.9 Å². The number of carbonyl (C=O) groups is 1.